The maximum atomic E-state index is 12.7. The van der Waals surface area contributed by atoms with Crippen molar-refractivity contribution in [3.63, 3.8) is 0 Å². The number of nitrogens with one attached hydrogen (secondary N) is 2. The summed E-state index contributed by atoms with van der Waals surface area (Å²) in [4.78, 5) is 56.3. The fourth-order valence-corrected chi connectivity index (χ4v) is 2.60. The molecule has 0 saturated heterocycles. The minimum absolute atomic E-state index is 0.130. The zero-order chi connectivity index (χ0) is 20.9. The third kappa shape index (κ3) is 4.58. The molecule has 1 aliphatic rings. The van der Waals surface area contributed by atoms with Gasteiger partial charge in [-0.2, -0.15) is 0 Å². The summed E-state index contributed by atoms with van der Waals surface area (Å²) in [6.07, 6.45) is 2.24. The first kappa shape index (κ1) is 21.2. The van der Waals surface area contributed by atoms with Crippen LogP contribution in [0.4, 0.5) is 4.39 Å². The Labute approximate surface area is 159 Å². The Morgan fingerprint density at radius 1 is 1.39 bits per heavy atom. The number of carboxylic acid groups (broad SMARTS) is 1. The summed E-state index contributed by atoms with van der Waals surface area (Å²) in [5.74, 6) is -3.37. The first-order valence-corrected chi connectivity index (χ1v) is 8.48. The van der Waals surface area contributed by atoms with E-state index in [1.165, 1.54) is 25.3 Å². The first-order valence-electron chi connectivity index (χ1n) is 8.48. The molecule has 2 rings (SSSR count). The Morgan fingerprint density at radius 2 is 2.11 bits per heavy atom. The van der Waals surface area contributed by atoms with E-state index < -0.39 is 42.4 Å². The van der Waals surface area contributed by atoms with Crippen LogP contribution in [0.25, 0.3) is 5.70 Å². The summed E-state index contributed by atoms with van der Waals surface area (Å²) in [6.45, 7) is 1.64. The topological polar surface area (TPSA) is 135 Å². The van der Waals surface area contributed by atoms with E-state index in [2.05, 4.69) is 15.8 Å². The Balaban J connectivity index is 2.28. The van der Waals surface area contributed by atoms with Gasteiger partial charge < -0.3 is 10.4 Å². The summed E-state index contributed by atoms with van der Waals surface area (Å²) in [6, 6.07) is 1.55. The van der Waals surface area contributed by atoms with Gasteiger partial charge in [-0.05, 0) is 31.6 Å². The lowest BCUT2D eigenvalue weighted by Crippen LogP contribution is -2.53. The third-order valence-corrected chi connectivity index (χ3v) is 4.28. The molecule has 1 amide bonds. The molecule has 10 heteroatoms. The molecule has 2 heterocycles. The molecule has 0 spiro atoms. The van der Waals surface area contributed by atoms with E-state index in [1.54, 1.807) is 13.0 Å². The minimum Gasteiger partial charge on any atom is -0.481 e. The molecule has 1 aromatic heterocycles. The molecule has 2 atom stereocenters. The number of carboxylic acids is 1. The van der Waals surface area contributed by atoms with Crippen molar-refractivity contribution in [2.24, 2.45) is 0 Å². The Kier molecular flexibility index (Phi) is 6.57. The van der Waals surface area contributed by atoms with Gasteiger partial charge in [-0.3, -0.25) is 34.5 Å². The molecule has 1 aromatic rings. The van der Waals surface area contributed by atoms with Gasteiger partial charge in [0.25, 0.3) is 5.91 Å². The lowest BCUT2D eigenvalue weighted by atomic mass is 9.96. The van der Waals surface area contributed by atoms with E-state index >= 15 is 0 Å². The van der Waals surface area contributed by atoms with Crippen molar-refractivity contribution in [1.82, 2.24) is 15.8 Å². The number of Topliss-reactive ketones (excluding diaryl/α,β-unsaturated/α-hetero) is 2. The van der Waals surface area contributed by atoms with E-state index in [0.717, 1.165) is 0 Å². The van der Waals surface area contributed by atoms with Crippen molar-refractivity contribution in [3.05, 3.63) is 35.7 Å². The molecular weight excluding hydrogens is 373 g/mol. The summed E-state index contributed by atoms with van der Waals surface area (Å²) < 4.78 is 12.7. The molecule has 0 aromatic carbocycles. The van der Waals surface area contributed by atoms with Crippen LogP contribution in [-0.2, 0) is 19.2 Å². The molecule has 0 fully saturated rings. The van der Waals surface area contributed by atoms with Crippen molar-refractivity contribution in [2.75, 3.05) is 6.67 Å². The van der Waals surface area contributed by atoms with Crippen LogP contribution in [0, 0.1) is 0 Å². The second kappa shape index (κ2) is 8.70. The molecule has 2 unspecified atom stereocenters. The number of rotatable bonds is 9. The Bertz CT molecular complexity index is 840. The highest BCUT2D eigenvalue weighted by atomic mass is 19.1. The fourth-order valence-electron chi connectivity index (χ4n) is 2.60. The van der Waals surface area contributed by atoms with Crippen LogP contribution >= 0.6 is 0 Å². The number of hydrogen-bond acceptors (Lipinski definition) is 7. The monoisotopic (exact) mass is 393 g/mol. The van der Waals surface area contributed by atoms with Crippen molar-refractivity contribution >= 4 is 29.1 Å². The number of ketones is 2. The maximum Gasteiger partial charge on any atom is 0.305 e. The number of aliphatic carboxylic acids is 1. The number of aromatic nitrogens is 1. The van der Waals surface area contributed by atoms with Gasteiger partial charge in [0.05, 0.1) is 17.8 Å². The molecule has 0 saturated carbocycles. The second-order valence-corrected chi connectivity index (χ2v) is 6.21. The molecule has 9 nitrogen and oxygen atoms in total. The molecule has 28 heavy (non-hydrogen) atoms. The van der Waals surface area contributed by atoms with E-state index in [-0.39, 0.29) is 12.2 Å². The van der Waals surface area contributed by atoms with Gasteiger partial charge in [0.1, 0.15) is 12.7 Å². The zero-order valence-corrected chi connectivity index (χ0v) is 15.3. The Morgan fingerprint density at radius 3 is 2.68 bits per heavy atom. The number of carbonyl (C=O) groups excluding carboxylic acids is 3. The average molecular weight is 393 g/mol. The van der Waals surface area contributed by atoms with Crippen LogP contribution in [0.3, 0.4) is 0 Å². The standard InChI is InChI=1S/C18H20FN3O6/c1-3-18(17(27)21-13(7-16(25)26)15(24)9-19)8-14(22-28-18)12-6-11(10(2)23)4-5-20-12/h4-6,8,13,22H,3,7,9H2,1-2H3,(H,21,27)(H,25,26). The van der Waals surface area contributed by atoms with Gasteiger partial charge in [-0.15, -0.1) is 0 Å². The number of halogens is 1. The summed E-state index contributed by atoms with van der Waals surface area (Å²) in [7, 11) is 0. The highest BCUT2D eigenvalue weighted by molar-refractivity contribution is 5.97. The van der Waals surface area contributed by atoms with Gasteiger partial charge in [-0.1, -0.05) is 6.92 Å². The maximum absolute atomic E-state index is 12.7. The lowest BCUT2D eigenvalue weighted by Gasteiger charge is -2.25. The van der Waals surface area contributed by atoms with Crippen molar-refractivity contribution in [3.8, 4) is 0 Å². The number of amides is 1. The van der Waals surface area contributed by atoms with Crippen molar-refractivity contribution in [2.45, 2.75) is 38.3 Å². The number of alkyl halides is 1. The SMILES string of the molecule is CCC1(C(=O)NC(CC(=O)O)C(=O)CF)C=C(c2cc(C(C)=O)ccn2)NO1. The summed E-state index contributed by atoms with van der Waals surface area (Å²) >= 11 is 0. The average Bonchev–Trinajstić information content (AvgIpc) is 3.12. The van der Waals surface area contributed by atoms with Gasteiger partial charge >= 0.3 is 5.97 Å². The first-order chi connectivity index (χ1) is 13.2. The van der Waals surface area contributed by atoms with Crippen LogP contribution in [-0.4, -0.2) is 51.9 Å². The van der Waals surface area contributed by atoms with E-state index in [0.29, 0.717) is 17.0 Å². The van der Waals surface area contributed by atoms with Gasteiger partial charge in [0.15, 0.2) is 17.2 Å². The molecule has 150 valence electrons. The fraction of sp³-hybridized carbons (Fsp3) is 0.389. The number of hydroxylamine groups is 1. The molecule has 1 aliphatic heterocycles. The molecule has 0 aliphatic carbocycles. The van der Waals surface area contributed by atoms with Crippen LogP contribution in [0.2, 0.25) is 0 Å². The van der Waals surface area contributed by atoms with Gasteiger partial charge in [0, 0.05) is 11.8 Å². The van der Waals surface area contributed by atoms with E-state index in [9.17, 15) is 23.6 Å². The highest BCUT2D eigenvalue weighted by Gasteiger charge is 2.43. The third-order valence-electron chi connectivity index (χ3n) is 4.28. The number of pyridine rings is 1. The number of hydrogen-bond donors (Lipinski definition) is 3. The quantitative estimate of drug-likeness (QED) is 0.525. The number of carbonyl (C=O) groups is 4. The highest BCUT2D eigenvalue weighted by Crippen LogP contribution is 2.29. The summed E-state index contributed by atoms with van der Waals surface area (Å²) in [5.41, 5.74) is 2.11. The normalized spacial score (nSPS) is 19.3. The van der Waals surface area contributed by atoms with Crippen LogP contribution in [0.1, 0.15) is 42.7 Å². The lowest BCUT2D eigenvalue weighted by molar-refractivity contribution is -0.147. The Hall–Kier alpha value is -3.14. The van der Waals surface area contributed by atoms with Crippen LogP contribution < -0.4 is 10.8 Å². The molecule has 0 bridgehead atoms. The van der Waals surface area contributed by atoms with Gasteiger partial charge in [0.2, 0.25) is 0 Å². The summed E-state index contributed by atoms with van der Waals surface area (Å²) in [5, 5.41) is 11.1. The van der Waals surface area contributed by atoms with Crippen molar-refractivity contribution < 1.29 is 33.5 Å². The minimum atomic E-state index is -1.56. The molecule has 3 N–H and O–H groups in total. The molecule has 0 radical (unpaired) electrons. The van der Waals surface area contributed by atoms with Gasteiger partial charge in [-0.25, -0.2) is 4.39 Å². The molecular formula is C18H20FN3O6. The van der Waals surface area contributed by atoms with Crippen LogP contribution in [0.15, 0.2) is 24.4 Å². The van der Waals surface area contributed by atoms with Crippen LogP contribution in [0.5, 0.6) is 0 Å². The van der Waals surface area contributed by atoms with E-state index in [4.69, 9.17) is 9.94 Å². The smallest absolute Gasteiger partial charge is 0.305 e. The predicted molar refractivity (Wildman–Crippen MR) is 94.6 cm³/mol. The zero-order valence-electron chi connectivity index (χ0n) is 15.3. The predicted octanol–water partition coefficient (Wildman–Crippen LogP) is 0.807. The largest absolute Gasteiger partial charge is 0.481 e. The number of nitrogens with zero attached hydrogens (tertiary/aromatic N) is 1. The second-order valence-electron chi connectivity index (χ2n) is 6.21. The van der Waals surface area contributed by atoms with Crippen molar-refractivity contribution in [1.29, 1.82) is 0 Å². The van der Waals surface area contributed by atoms with E-state index in [1.807, 2.05) is 0 Å².